The van der Waals surface area contributed by atoms with Gasteiger partial charge in [0.2, 0.25) is 0 Å². The summed E-state index contributed by atoms with van der Waals surface area (Å²) in [6, 6.07) is 22.5. The third-order valence-corrected chi connectivity index (χ3v) is 4.94. The average molecular weight is 438 g/mol. The van der Waals surface area contributed by atoms with Crippen LogP contribution in [0, 0.1) is 11.3 Å². The number of nitrogens with zero attached hydrogens (tertiary/aromatic N) is 8. The van der Waals surface area contributed by atoms with Crippen molar-refractivity contribution in [1.82, 2.24) is 39.7 Å². The Kier molecular flexibility index (Phi) is 7.32. The van der Waals surface area contributed by atoms with Crippen molar-refractivity contribution in [2.45, 2.75) is 25.9 Å². The largest absolute Gasteiger partial charge is 0.330 e. The van der Waals surface area contributed by atoms with E-state index < -0.39 is 0 Å². The summed E-state index contributed by atoms with van der Waals surface area (Å²) in [5.41, 5.74) is 2.46. The van der Waals surface area contributed by atoms with Gasteiger partial charge in [-0.1, -0.05) is 65.9 Å². The molecule has 0 saturated carbocycles. The molecule has 2 aromatic carbocycles. The summed E-state index contributed by atoms with van der Waals surface area (Å²) in [4.78, 5) is 8.47. The maximum Gasteiger partial charge on any atom is 0.182 e. The Hall–Kier alpha value is -4.58. The number of aromatic nitrogens is 8. The van der Waals surface area contributed by atoms with Crippen LogP contribution in [0.3, 0.4) is 0 Å². The number of hydrogen-bond acceptors (Lipinski definition) is 6. The second kappa shape index (κ2) is 11.2. The standard InChI is InChI=1S/C12H12N6.C12H11N3/c1-2-4-10(5-3-1)9-18-7-6-13-12(18)8-11-14-16-17-15-11;13-7-6-12-14-8-9-15(12)10-11-4-2-1-3-5-11/h1-7H,8-9H2,(H,14,15,16,17);1-5,8-9H,6,10H2. The van der Waals surface area contributed by atoms with Crippen LogP contribution < -0.4 is 0 Å². The van der Waals surface area contributed by atoms with E-state index in [1.165, 1.54) is 11.1 Å². The maximum absolute atomic E-state index is 8.63. The summed E-state index contributed by atoms with van der Waals surface area (Å²) in [7, 11) is 0. The second-order valence-corrected chi connectivity index (χ2v) is 7.25. The van der Waals surface area contributed by atoms with Crippen LogP contribution in [0.5, 0.6) is 0 Å². The third-order valence-electron chi connectivity index (χ3n) is 4.94. The van der Waals surface area contributed by atoms with Crippen LogP contribution in [0.15, 0.2) is 85.5 Å². The molecule has 3 aromatic heterocycles. The van der Waals surface area contributed by atoms with E-state index in [2.05, 4.69) is 65.5 Å². The number of tetrazole rings is 1. The molecule has 0 aliphatic heterocycles. The molecule has 3 heterocycles. The summed E-state index contributed by atoms with van der Waals surface area (Å²) in [5, 5.41) is 22.5. The summed E-state index contributed by atoms with van der Waals surface area (Å²) < 4.78 is 4.09. The van der Waals surface area contributed by atoms with Gasteiger partial charge < -0.3 is 9.13 Å². The van der Waals surface area contributed by atoms with E-state index >= 15 is 0 Å². The number of benzene rings is 2. The molecule has 5 aromatic rings. The second-order valence-electron chi connectivity index (χ2n) is 7.25. The van der Waals surface area contributed by atoms with E-state index in [9.17, 15) is 0 Å². The lowest BCUT2D eigenvalue weighted by Gasteiger charge is -2.06. The molecule has 9 nitrogen and oxygen atoms in total. The average Bonchev–Trinajstić information content (AvgIpc) is 3.61. The molecular formula is C24H23N9. The van der Waals surface area contributed by atoms with Gasteiger partial charge >= 0.3 is 0 Å². The molecule has 0 atom stereocenters. The SMILES string of the molecule is N#CCc1nccn1Cc1ccccc1.c1ccc(Cn2ccnc2Cc2nn[nH]n2)cc1. The molecule has 0 bridgehead atoms. The quantitative estimate of drug-likeness (QED) is 0.419. The first-order valence-electron chi connectivity index (χ1n) is 10.5. The van der Waals surface area contributed by atoms with E-state index in [0.29, 0.717) is 18.7 Å². The molecule has 0 unspecified atom stereocenters. The van der Waals surface area contributed by atoms with Gasteiger partial charge in [0.15, 0.2) is 5.82 Å². The molecule has 0 saturated heterocycles. The fraction of sp³-hybridized carbons (Fsp3) is 0.167. The maximum atomic E-state index is 8.63. The summed E-state index contributed by atoms with van der Waals surface area (Å²) in [5.74, 6) is 2.40. The van der Waals surface area contributed by atoms with Crippen LogP contribution in [0.1, 0.15) is 28.6 Å². The smallest absolute Gasteiger partial charge is 0.182 e. The van der Waals surface area contributed by atoms with Gasteiger partial charge in [-0.3, -0.25) is 0 Å². The van der Waals surface area contributed by atoms with Gasteiger partial charge in [-0.25, -0.2) is 9.97 Å². The van der Waals surface area contributed by atoms with Gasteiger partial charge in [0.25, 0.3) is 0 Å². The molecule has 0 fully saturated rings. The van der Waals surface area contributed by atoms with Gasteiger partial charge in [0.1, 0.15) is 11.6 Å². The number of nitriles is 1. The number of nitrogens with one attached hydrogen (secondary N) is 1. The van der Waals surface area contributed by atoms with Crippen LogP contribution in [0.2, 0.25) is 0 Å². The van der Waals surface area contributed by atoms with Crippen molar-refractivity contribution in [2.24, 2.45) is 0 Å². The minimum Gasteiger partial charge on any atom is -0.330 e. The Balaban J connectivity index is 0.000000160. The highest BCUT2D eigenvalue weighted by atomic mass is 15.5. The van der Waals surface area contributed by atoms with Crippen molar-refractivity contribution in [3.8, 4) is 6.07 Å². The zero-order chi connectivity index (χ0) is 22.7. The van der Waals surface area contributed by atoms with E-state index in [0.717, 1.165) is 24.7 Å². The van der Waals surface area contributed by atoms with Gasteiger partial charge in [-0.2, -0.15) is 10.5 Å². The fourth-order valence-electron chi connectivity index (χ4n) is 3.33. The first kappa shape index (κ1) is 21.6. The molecule has 33 heavy (non-hydrogen) atoms. The van der Waals surface area contributed by atoms with Crippen LogP contribution in [-0.4, -0.2) is 39.7 Å². The molecule has 0 aliphatic carbocycles. The lowest BCUT2D eigenvalue weighted by molar-refractivity contribution is 0.728. The van der Waals surface area contributed by atoms with Crippen LogP contribution in [0.4, 0.5) is 0 Å². The van der Waals surface area contributed by atoms with Gasteiger partial charge in [0, 0.05) is 37.9 Å². The van der Waals surface area contributed by atoms with Crippen molar-refractivity contribution in [2.75, 3.05) is 0 Å². The monoisotopic (exact) mass is 437 g/mol. The van der Waals surface area contributed by atoms with Gasteiger partial charge in [-0.15, -0.1) is 10.2 Å². The van der Waals surface area contributed by atoms with E-state index in [1.807, 2.05) is 53.4 Å². The Morgan fingerprint density at radius 1 is 0.788 bits per heavy atom. The Labute approximate surface area is 191 Å². The summed E-state index contributed by atoms with van der Waals surface area (Å²) >= 11 is 0. The molecular weight excluding hydrogens is 414 g/mol. The minimum absolute atomic E-state index is 0.361. The molecule has 9 heteroatoms. The van der Waals surface area contributed by atoms with Crippen molar-refractivity contribution in [1.29, 1.82) is 5.26 Å². The number of imidazole rings is 2. The van der Waals surface area contributed by atoms with Crippen molar-refractivity contribution in [3.63, 3.8) is 0 Å². The lowest BCUT2D eigenvalue weighted by Crippen LogP contribution is -2.06. The summed E-state index contributed by atoms with van der Waals surface area (Å²) in [6.07, 6.45) is 8.33. The Bertz CT molecular complexity index is 1270. The van der Waals surface area contributed by atoms with Crippen molar-refractivity contribution >= 4 is 0 Å². The predicted octanol–water partition coefficient (Wildman–Crippen LogP) is 3.03. The fourth-order valence-corrected chi connectivity index (χ4v) is 3.33. The van der Waals surface area contributed by atoms with E-state index in [4.69, 9.17) is 5.26 Å². The molecule has 0 radical (unpaired) electrons. The normalized spacial score (nSPS) is 10.3. The van der Waals surface area contributed by atoms with Crippen LogP contribution >= 0.6 is 0 Å². The number of rotatable bonds is 7. The number of aromatic amines is 1. The molecule has 1 N–H and O–H groups in total. The lowest BCUT2D eigenvalue weighted by atomic mass is 10.2. The minimum atomic E-state index is 0.361. The first-order chi connectivity index (χ1) is 16.3. The van der Waals surface area contributed by atoms with E-state index in [1.54, 1.807) is 12.4 Å². The Morgan fingerprint density at radius 3 is 1.91 bits per heavy atom. The highest BCUT2D eigenvalue weighted by Crippen LogP contribution is 2.08. The topological polar surface area (TPSA) is 114 Å². The van der Waals surface area contributed by atoms with Gasteiger partial charge in [-0.05, 0) is 11.1 Å². The number of H-pyrrole nitrogens is 1. The zero-order valence-corrected chi connectivity index (χ0v) is 18.0. The van der Waals surface area contributed by atoms with Crippen molar-refractivity contribution in [3.05, 3.63) is 114 Å². The van der Waals surface area contributed by atoms with E-state index in [-0.39, 0.29) is 0 Å². The first-order valence-corrected chi connectivity index (χ1v) is 10.5. The predicted molar refractivity (Wildman–Crippen MR) is 122 cm³/mol. The van der Waals surface area contributed by atoms with Gasteiger partial charge in [0.05, 0.1) is 18.9 Å². The van der Waals surface area contributed by atoms with Crippen LogP contribution in [-0.2, 0) is 25.9 Å². The zero-order valence-electron chi connectivity index (χ0n) is 18.0. The molecule has 5 rings (SSSR count). The molecule has 0 amide bonds. The van der Waals surface area contributed by atoms with Crippen molar-refractivity contribution < 1.29 is 0 Å². The summed E-state index contributed by atoms with van der Waals surface area (Å²) in [6.45, 7) is 1.58. The molecule has 164 valence electrons. The Morgan fingerprint density at radius 2 is 1.36 bits per heavy atom. The number of hydrogen-bond donors (Lipinski definition) is 1. The highest BCUT2D eigenvalue weighted by molar-refractivity contribution is 5.17. The molecule has 0 aliphatic rings. The third kappa shape index (κ3) is 6.21. The van der Waals surface area contributed by atoms with Crippen LogP contribution in [0.25, 0.3) is 0 Å². The molecule has 0 spiro atoms. The highest BCUT2D eigenvalue weighted by Gasteiger charge is 2.07.